The second-order valence-electron chi connectivity index (χ2n) is 6.87. The van der Waals surface area contributed by atoms with Gasteiger partial charge in [-0.3, -0.25) is 4.90 Å². The molecular formula is C16H31N3O. The van der Waals surface area contributed by atoms with Gasteiger partial charge in [0.15, 0.2) is 0 Å². The zero-order chi connectivity index (χ0) is 13.6. The van der Waals surface area contributed by atoms with Crippen LogP contribution < -0.4 is 5.32 Å². The second-order valence-corrected chi connectivity index (χ2v) is 6.87. The van der Waals surface area contributed by atoms with Crippen molar-refractivity contribution >= 4 is 0 Å². The maximum absolute atomic E-state index is 5.45. The monoisotopic (exact) mass is 281 g/mol. The molecule has 4 heteroatoms. The lowest BCUT2D eigenvalue weighted by atomic mass is 9.93. The van der Waals surface area contributed by atoms with E-state index in [0.29, 0.717) is 0 Å². The molecule has 0 bridgehead atoms. The highest BCUT2D eigenvalue weighted by Gasteiger charge is 2.25. The van der Waals surface area contributed by atoms with Crippen LogP contribution in [0.15, 0.2) is 0 Å². The van der Waals surface area contributed by atoms with E-state index in [4.69, 9.17) is 4.74 Å². The van der Waals surface area contributed by atoms with E-state index < -0.39 is 0 Å². The summed E-state index contributed by atoms with van der Waals surface area (Å²) < 4.78 is 5.45. The third-order valence-electron chi connectivity index (χ3n) is 5.20. The van der Waals surface area contributed by atoms with Crippen LogP contribution in [0, 0.1) is 11.8 Å². The van der Waals surface area contributed by atoms with Crippen LogP contribution in [0.5, 0.6) is 0 Å². The molecule has 20 heavy (non-hydrogen) atoms. The molecule has 0 aliphatic carbocycles. The summed E-state index contributed by atoms with van der Waals surface area (Å²) in [5, 5.41) is 3.48. The van der Waals surface area contributed by atoms with E-state index in [1.54, 1.807) is 0 Å². The predicted octanol–water partition coefficient (Wildman–Crippen LogP) is 1.03. The van der Waals surface area contributed by atoms with E-state index in [1.165, 1.54) is 65.0 Å². The number of likely N-dealkylation sites (tertiary alicyclic amines) is 1. The predicted molar refractivity (Wildman–Crippen MR) is 82.0 cm³/mol. The number of nitrogens with zero attached hydrogens (tertiary/aromatic N) is 2. The quantitative estimate of drug-likeness (QED) is 0.833. The first-order valence-electron chi connectivity index (χ1n) is 8.63. The van der Waals surface area contributed by atoms with E-state index in [9.17, 15) is 0 Å². The Hall–Kier alpha value is -0.160. The van der Waals surface area contributed by atoms with Crippen LogP contribution >= 0.6 is 0 Å². The van der Waals surface area contributed by atoms with Gasteiger partial charge in [-0.25, -0.2) is 0 Å². The van der Waals surface area contributed by atoms with Crippen LogP contribution in [0.4, 0.5) is 0 Å². The molecule has 0 aromatic rings. The Morgan fingerprint density at radius 1 is 0.850 bits per heavy atom. The average Bonchev–Trinajstić information content (AvgIpc) is 2.50. The summed E-state index contributed by atoms with van der Waals surface area (Å²) in [6, 6.07) is 0. The van der Waals surface area contributed by atoms with Gasteiger partial charge in [0.05, 0.1) is 13.2 Å². The molecule has 3 aliphatic rings. The molecule has 0 aromatic heterocycles. The smallest absolute Gasteiger partial charge is 0.0594 e. The average molecular weight is 281 g/mol. The van der Waals surface area contributed by atoms with E-state index in [1.807, 2.05) is 0 Å². The molecule has 0 radical (unpaired) electrons. The molecule has 3 fully saturated rings. The third kappa shape index (κ3) is 4.42. The molecule has 3 heterocycles. The summed E-state index contributed by atoms with van der Waals surface area (Å²) >= 11 is 0. The van der Waals surface area contributed by atoms with E-state index in [-0.39, 0.29) is 0 Å². The molecule has 3 saturated heterocycles. The normalized spacial score (nSPS) is 31.5. The molecule has 3 aliphatic heterocycles. The van der Waals surface area contributed by atoms with Crippen molar-refractivity contribution in [1.82, 2.24) is 15.1 Å². The molecule has 4 nitrogen and oxygen atoms in total. The minimum absolute atomic E-state index is 0.892. The molecule has 3 rings (SSSR count). The largest absolute Gasteiger partial charge is 0.379 e. The number of nitrogens with one attached hydrogen (secondary N) is 1. The van der Waals surface area contributed by atoms with Crippen molar-refractivity contribution in [2.24, 2.45) is 11.8 Å². The fourth-order valence-corrected chi connectivity index (χ4v) is 4.04. The molecule has 1 N–H and O–H groups in total. The van der Waals surface area contributed by atoms with Crippen molar-refractivity contribution in [3.8, 4) is 0 Å². The molecule has 116 valence electrons. The molecule has 0 saturated carbocycles. The Kier molecular flexibility index (Phi) is 5.71. The Morgan fingerprint density at radius 3 is 2.40 bits per heavy atom. The number of hydrogen-bond acceptors (Lipinski definition) is 4. The van der Waals surface area contributed by atoms with Crippen molar-refractivity contribution in [2.45, 2.75) is 25.7 Å². The van der Waals surface area contributed by atoms with Gasteiger partial charge in [0, 0.05) is 32.7 Å². The fraction of sp³-hybridized carbons (Fsp3) is 1.00. The van der Waals surface area contributed by atoms with Crippen molar-refractivity contribution in [3.63, 3.8) is 0 Å². The number of ether oxygens (including phenoxy) is 1. The van der Waals surface area contributed by atoms with E-state index >= 15 is 0 Å². The molecule has 0 amide bonds. The Bertz CT molecular complexity index is 249. The fourth-order valence-electron chi connectivity index (χ4n) is 4.04. The zero-order valence-electron chi connectivity index (χ0n) is 12.9. The Balaban J connectivity index is 1.41. The van der Waals surface area contributed by atoms with Crippen molar-refractivity contribution in [1.29, 1.82) is 0 Å². The van der Waals surface area contributed by atoms with Gasteiger partial charge in [0.25, 0.3) is 0 Å². The molecule has 0 spiro atoms. The molecular weight excluding hydrogens is 250 g/mol. The Labute approximate surface area is 123 Å². The lowest BCUT2D eigenvalue weighted by molar-refractivity contribution is 0.0216. The van der Waals surface area contributed by atoms with Gasteiger partial charge < -0.3 is 15.0 Å². The maximum Gasteiger partial charge on any atom is 0.0594 e. The minimum atomic E-state index is 0.892. The van der Waals surface area contributed by atoms with Crippen molar-refractivity contribution < 1.29 is 4.74 Å². The standard InChI is InChI=1S/C16H31N3O/c1-2-16(13-18-8-10-20-11-9-18)14-19(7-1)12-15-3-5-17-6-4-15/h15-17H,1-14H2/t16-/m0/s1. The van der Waals surface area contributed by atoms with Gasteiger partial charge >= 0.3 is 0 Å². The summed E-state index contributed by atoms with van der Waals surface area (Å²) in [7, 11) is 0. The molecule has 0 unspecified atom stereocenters. The summed E-state index contributed by atoms with van der Waals surface area (Å²) in [6.45, 7) is 11.9. The summed E-state index contributed by atoms with van der Waals surface area (Å²) in [5.41, 5.74) is 0. The van der Waals surface area contributed by atoms with Crippen LogP contribution in [-0.2, 0) is 4.74 Å². The molecule has 0 aromatic carbocycles. The summed E-state index contributed by atoms with van der Waals surface area (Å²) in [4.78, 5) is 5.37. The van der Waals surface area contributed by atoms with Gasteiger partial charge in [0.2, 0.25) is 0 Å². The SMILES string of the molecule is C1C[C@@H](CN2CCOCC2)CN(CC2CCNCC2)C1. The maximum atomic E-state index is 5.45. The second kappa shape index (κ2) is 7.74. The van der Waals surface area contributed by atoms with Crippen molar-refractivity contribution in [3.05, 3.63) is 0 Å². The van der Waals surface area contributed by atoms with E-state index in [0.717, 1.165) is 38.1 Å². The number of hydrogen-bond donors (Lipinski definition) is 1. The lowest BCUT2D eigenvalue weighted by Gasteiger charge is -2.38. The summed E-state index contributed by atoms with van der Waals surface area (Å²) in [6.07, 6.45) is 5.59. The first-order valence-corrected chi connectivity index (χ1v) is 8.63. The van der Waals surface area contributed by atoms with Gasteiger partial charge in [-0.05, 0) is 57.2 Å². The third-order valence-corrected chi connectivity index (χ3v) is 5.20. The van der Waals surface area contributed by atoms with Gasteiger partial charge in [-0.2, -0.15) is 0 Å². The number of rotatable bonds is 4. The van der Waals surface area contributed by atoms with Crippen LogP contribution in [-0.4, -0.2) is 75.4 Å². The topological polar surface area (TPSA) is 27.7 Å². The van der Waals surface area contributed by atoms with Gasteiger partial charge in [-0.1, -0.05) is 0 Å². The van der Waals surface area contributed by atoms with Crippen LogP contribution in [0.3, 0.4) is 0 Å². The first kappa shape index (κ1) is 14.8. The van der Waals surface area contributed by atoms with Crippen molar-refractivity contribution in [2.75, 3.05) is 65.6 Å². The number of piperidine rings is 2. The van der Waals surface area contributed by atoms with Crippen LogP contribution in [0.1, 0.15) is 25.7 Å². The first-order chi connectivity index (χ1) is 9.90. The van der Waals surface area contributed by atoms with Gasteiger partial charge in [0.1, 0.15) is 0 Å². The van der Waals surface area contributed by atoms with Gasteiger partial charge in [-0.15, -0.1) is 0 Å². The zero-order valence-corrected chi connectivity index (χ0v) is 12.9. The highest BCUT2D eigenvalue weighted by molar-refractivity contribution is 4.80. The van der Waals surface area contributed by atoms with E-state index in [2.05, 4.69) is 15.1 Å². The highest BCUT2D eigenvalue weighted by atomic mass is 16.5. The minimum Gasteiger partial charge on any atom is -0.379 e. The van der Waals surface area contributed by atoms with Crippen LogP contribution in [0.2, 0.25) is 0 Å². The van der Waals surface area contributed by atoms with Crippen LogP contribution in [0.25, 0.3) is 0 Å². The molecule has 1 atom stereocenters. The Morgan fingerprint density at radius 2 is 1.60 bits per heavy atom. The number of morpholine rings is 1. The highest BCUT2D eigenvalue weighted by Crippen LogP contribution is 2.21. The lowest BCUT2D eigenvalue weighted by Crippen LogP contribution is -2.46. The summed E-state index contributed by atoms with van der Waals surface area (Å²) in [5.74, 6) is 1.84.